The van der Waals surface area contributed by atoms with Crippen LogP contribution in [-0.4, -0.2) is 36.0 Å². The van der Waals surface area contributed by atoms with Crippen LogP contribution in [0.1, 0.15) is 31.1 Å². The molecule has 1 aromatic carbocycles. The van der Waals surface area contributed by atoms with E-state index in [0.29, 0.717) is 23.7 Å². The van der Waals surface area contributed by atoms with Crippen LogP contribution < -0.4 is 18.9 Å². The number of amides is 1. The fourth-order valence-electron chi connectivity index (χ4n) is 1.27. The van der Waals surface area contributed by atoms with Crippen LogP contribution in [0.3, 0.4) is 0 Å². The molecule has 0 radical (unpaired) electrons. The molecule has 0 aromatic heterocycles. The van der Waals surface area contributed by atoms with E-state index in [-0.39, 0.29) is 30.4 Å². The number of rotatable bonds is 4. The minimum Gasteiger partial charge on any atom is -0.649 e. The van der Waals surface area contributed by atoms with Crippen molar-refractivity contribution in [2.75, 3.05) is 13.1 Å². The quantitative estimate of drug-likeness (QED) is 0.565. The van der Waals surface area contributed by atoms with E-state index in [0.717, 1.165) is 4.47 Å². The Hall–Kier alpha value is -0.473. The molecule has 0 N–H and O–H groups in total. The molecule has 0 spiro atoms. The Labute approximate surface area is 164 Å². The van der Waals surface area contributed by atoms with Gasteiger partial charge in [-0.2, -0.15) is 0 Å². The minimum absolute atomic E-state index is 0. The average molecular weight is 397 g/mol. The van der Waals surface area contributed by atoms with Gasteiger partial charge < -0.3 is 28.3 Å². The Balaban J connectivity index is 0. The Kier molecular flexibility index (Phi) is 12.9. The zero-order chi connectivity index (χ0) is 17.3. The number of benzene rings is 1. The van der Waals surface area contributed by atoms with Crippen LogP contribution in [0.4, 0.5) is 0 Å². The zero-order valence-electron chi connectivity index (χ0n) is 14.0. The van der Waals surface area contributed by atoms with Crippen molar-refractivity contribution in [1.82, 2.24) is 4.90 Å². The van der Waals surface area contributed by atoms with Gasteiger partial charge in [-0.1, -0.05) is 34.0 Å². The summed E-state index contributed by atoms with van der Waals surface area (Å²) in [6, 6.07) is 5.16. The van der Waals surface area contributed by atoms with Gasteiger partial charge in [0.2, 0.25) is 0 Å². The van der Waals surface area contributed by atoms with E-state index in [2.05, 4.69) is 34.5 Å². The minimum atomic E-state index is -0.373. The Bertz CT molecular complexity index is 503. The number of hydrogen-bond donors (Lipinski definition) is 0. The third kappa shape index (κ3) is 10.1. The van der Waals surface area contributed by atoms with Gasteiger partial charge in [0.15, 0.2) is 0 Å². The summed E-state index contributed by atoms with van der Waals surface area (Å²) in [5.41, 5.74) is 0.106. The molecule has 0 unspecified atom stereocenters. The number of halogens is 2. The maximum absolute atomic E-state index is 11.9. The van der Waals surface area contributed by atoms with Gasteiger partial charge in [-0.3, -0.25) is 4.79 Å². The van der Waals surface area contributed by atoms with Gasteiger partial charge in [-0.15, -0.1) is 13.1 Å². The first-order valence-electron chi connectivity index (χ1n) is 6.54. The molecule has 4 nitrogen and oxygen atoms in total. The predicted octanol–water partition coefficient (Wildman–Crippen LogP) is 1.09. The molecule has 0 saturated carbocycles. The Morgan fingerprint density at radius 1 is 1.35 bits per heavy atom. The van der Waals surface area contributed by atoms with E-state index >= 15 is 0 Å². The van der Waals surface area contributed by atoms with Crippen molar-refractivity contribution >= 4 is 39.9 Å². The molecule has 1 rings (SSSR count). The predicted molar refractivity (Wildman–Crippen MR) is 92.3 cm³/mol. The average Bonchev–Trinajstić information content (AvgIpc) is 2.39. The van der Waals surface area contributed by atoms with Crippen LogP contribution in [0.5, 0.6) is 0 Å². The SMILES string of the molecule is CC(C)(C)O[C-]=O.[CH2-]CN(C[CH2-])C(=O)c1ccc(Br)cc1Cl.[Li+]. The molecular weight excluding hydrogens is 376 g/mol. The summed E-state index contributed by atoms with van der Waals surface area (Å²) in [7, 11) is 0. The van der Waals surface area contributed by atoms with Gasteiger partial charge >= 0.3 is 18.9 Å². The first-order valence-corrected chi connectivity index (χ1v) is 7.71. The van der Waals surface area contributed by atoms with E-state index in [9.17, 15) is 9.59 Å². The number of hydrogen-bond acceptors (Lipinski definition) is 3. The van der Waals surface area contributed by atoms with Crippen LogP contribution in [0, 0.1) is 13.8 Å². The number of ether oxygens (including phenoxy) is 1. The van der Waals surface area contributed by atoms with Gasteiger partial charge in [0.05, 0.1) is 16.2 Å². The van der Waals surface area contributed by atoms with Crippen molar-refractivity contribution in [3.05, 3.63) is 47.1 Å². The molecule has 23 heavy (non-hydrogen) atoms. The van der Waals surface area contributed by atoms with Crippen molar-refractivity contribution in [3.8, 4) is 0 Å². The first kappa shape index (κ1) is 24.8. The molecule has 0 atom stereocenters. The molecule has 0 bridgehead atoms. The summed E-state index contributed by atoms with van der Waals surface area (Å²) in [4.78, 5) is 22.9. The van der Waals surface area contributed by atoms with Crippen LogP contribution in [0.15, 0.2) is 22.7 Å². The van der Waals surface area contributed by atoms with Crippen molar-refractivity contribution < 1.29 is 33.2 Å². The summed E-state index contributed by atoms with van der Waals surface area (Å²) >= 11 is 9.25. The van der Waals surface area contributed by atoms with Crippen molar-refractivity contribution in [3.63, 3.8) is 0 Å². The maximum Gasteiger partial charge on any atom is 1.00 e. The molecule has 0 fully saturated rings. The zero-order valence-corrected chi connectivity index (χ0v) is 16.3. The topological polar surface area (TPSA) is 46.6 Å². The summed E-state index contributed by atoms with van der Waals surface area (Å²) in [6.07, 6.45) is 0. The van der Waals surface area contributed by atoms with E-state index in [1.165, 1.54) is 11.4 Å². The largest absolute Gasteiger partial charge is 1.00 e. The van der Waals surface area contributed by atoms with Gasteiger partial charge in [-0.25, -0.2) is 0 Å². The normalized spacial score (nSPS) is 9.87. The third-order valence-corrected chi connectivity index (χ3v) is 3.14. The second-order valence-corrected chi connectivity index (χ2v) is 6.54. The van der Waals surface area contributed by atoms with Gasteiger partial charge in [0.1, 0.15) is 0 Å². The fourth-order valence-corrected chi connectivity index (χ4v) is 2.03. The molecule has 0 aliphatic rings. The summed E-state index contributed by atoms with van der Waals surface area (Å²) in [5, 5.41) is 0.432. The van der Waals surface area contributed by atoms with Crippen molar-refractivity contribution in [2.24, 2.45) is 0 Å². The van der Waals surface area contributed by atoms with E-state index in [4.69, 9.17) is 11.6 Å². The smallest absolute Gasteiger partial charge is 0.649 e. The summed E-state index contributed by atoms with van der Waals surface area (Å²) in [5.74, 6) is -0.141. The fraction of sp³-hybridized carbons (Fsp3) is 0.375. The number of carbonyl (C=O) groups is 1. The molecule has 1 aromatic rings. The molecule has 7 heteroatoms. The van der Waals surface area contributed by atoms with Crippen LogP contribution >= 0.6 is 27.5 Å². The van der Waals surface area contributed by atoms with Gasteiger partial charge in [0, 0.05) is 4.47 Å². The Morgan fingerprint density at radius 3 is 2.17 bits per heavy atom. The van der Waals surface area contributed by atoms with Crippen molar-refractivity contribution in [1.29, 1.82) is 0 Å². The molecule has 0 aliphatic heterocycles. The van der Waals surface area contributed by atoms with Gasteiger partial charge in [-0.05, 0) is 39.0 Å². The standard InChI is InChI=1S/C11H11BrClNO.C5H9O2.Li/c1-3-14(4-2)11(15)9-6-5-8(12)7-10(9)13;1-5(2,3)7-4-6;/h5-7H,1-4H2;1-3H3;/q-2;-1;+1. The van der Waals surface area contributed by atoms with Gasteiger partial charge in [0.25, 0.3) is 5.91 Å². The van der Waals surface area contributed by atoms with Crippen molar-refractivity contribution in [2.45, 2.75) is 26.4 Å². The molecule has 0 aliphatic carbocycles. The first-order chi connectivity index (χ1) is 10.2. The second-order valence-electron chi connectivity index (χ2n) is 5.21. The summed E-state index contributed by atoms with van der Waals surface area (Å²) in [6.45, 7) is 14.8. The van der Waals surface area contributed by atoms with Crippen LogP contribution in [-0.2, 0) is 9.53 Å². The molecule has 124 valence electrons. The maximum atomic E-state index is 11.9. The van der Waals surface area contributed by atoms with Crippen LogP contribution in [0.25, 0.3) is 0 Å². The summed E-state index contributed by atoms with van der Waals surface area (Å²) < 4.78 is 5.27. The molecule has 1 amide bonds. The van der Waals surface area contributed by atoms with E-state index in [1.54, 1.807) is 39.0 Å². The van der Waals surface area contributed by atoms with E-state index < -0.39 is 0 Å². The third-order valence-electron chi connectivity index (χ3n) is 2.34. The second kappa shape index (κ2) is 12.0. The monoisotopic (exact) mass is 395 g/mol. The molecule has 0 saturated heterocycles. The molecule has 0 heterocycles. The molecular formula is C16H20BrClLiNO3-2. The number of carbonyl (C=O) groups excluding carboxylic acids is 2. The van der Waals surface area contributed by atoms with Crippen LogP contribution in [0.2, 0.25) is 5.02 Å². The van der Waals surface area contributed by atoms with E-state index in [1.807, 2.05) is 0 Å². The number of nitrogens with zero attached hydrogens (tertiary/aromatic N) is 1. The Morgan fingerprint density at radius 2 is 1.87 bits per heavy atom.